The summed E-state index contributed by atoms with van der Waals surface area (Å²) in [6, 6.07) is 11.8. The van der Waals surface area contributed by atoms with Crippen LogP contribution in [0.3, 0.4) is 0 Å². The number of carbonyl (C=O) groups excluding carboxylic acids is 1. The molecule has 152 valence electrons. The smallest absolute Gasteiger partial charge is 0.230 e. The first-order chi connectivity index (χ1) is 14.0. The number of carbonyl (C=O) groups is 1. The maximum atomic E-state index is 13.8. The van der Waals surface area contributed by atoms with Crippen LogP contribution in [0, 0.1) is 12.7 Å². The number of hydrogen-bond acceptors (Lipinski definition) is 4. The minimum atomic E-state index is -0.408. The van der Waals surface area contributed by atoms with Crippen molar-refractivity contribution in [3.8, 4) is 22.6 Å². The maximum absolute atomic E-state index is 13.8. The number of hydrogen-bond donors (Lipinski definition) is 2. The van der Waals surface area contributed by atoms with Crippen LogP contribution in [0.1, 0.15) is 25.1 Å². The Labute approximate surface area is 169 Å². The number of anilines is 1. The Balaban J connectivity index is 1.87. The average Bonchev–Trinajstić information content (AvgIpc) is 3.05. The van der Waals surface area contributed by atoms with E-state index in [1.54, 1.807) is 18.2 Å². The molecular formula is C22H24FN3O3. The fraction of sp³-hybridized carbons (Fsp3) is 0.273. The van der Waals surface area contributed by atoms with E-state index in [1.165, 1.54) is 6.07 Å². The third kappa shape index (κ3) is 4.74. The van der Waals surface area contributed by atoms with Gasteiger partial charge in [-0.2, -0.15) is 5.10 Å². The summed E-state index contributed by atoms with van der Waals surface area (Å²) in [5.74, 6) is 0.906. The third-order valence-corrected chi connectivity index (χ3v) is 4.35. The molecule has 3 rings (SSSR count). The molecule has 0 aliphatic carbocycles. The molecule has 7 heteroatoms. The highest BCUT2D eigenvalue weighted by molar-refractivity contribution is 5.95. The van der Waals surface area contributed by atoms with Crippen LogP contribution in [-0.2, 0) is 11.2 Å². The molecule has 2 N–H and O–H groups in total. The number of H-pyrrole nitrogens is 1. The Morgan fingerprint density at radius 2 is 1.83 bits per heavy atom. The summed E-state index contributed by atoms with van der Waals surface area (Å²) in [6.07, 6.45) is -0.0779. The lowest BCUT2D eigenvalue weighted by Gasteiger charge is -2.13. The van der Waals surface area contributed by atoms with Crippen molar-refractivity contribution in [1.29, 1.82) is 0 Å². The van der Waals surface area contributed by atoms with Gasteiger partial charge in [0.1, 0.15) is 5.82 Å². The highest BCUT2D eigenvalue weighted by Crippen LogP contribution is 2.36. The first-order valence-electron chi connectivity index (χ1n) is 9.51. The number of benzene rings is 2. The molecule has 0 saturated carbocycles. The first-order valence-corrected chi connectivity index (χ1v) is 9.51. The summed E-state index contributed by atoms with van der Waals surface area (Å²) in [5, 5.41) is 9.88. The number of nitrogens with zero attached hydrogens (tertiary/aromatic N) is 1. The Morgan fingerprint density at radius 1 is 1.10 bits per heavy atom. The van der Waals surface area contributed by atoms with E-state index in [1.807, 2.05) is 39.0 Å². The monoisotopic (exact) mass is 397 g/mol. The van der Waals surface area contributed by atoms with Crippen molar-refractivity contribution in [2.75, 3.05) is 18.5 Å². The molecule has 6 nitrogen and oxygen atoms in total. The highest BCUT2D eigenvalue weighted by atomic mass is 19.1. The number of aryl methyl sites for hydroxylation is 1. The van der Waals surface area contributed by atoms with Crippen LogP contribution in [-0.4, -0.2) is 29.3 Å². The van der Waals surface area contributed by atoms with E-state index in [0.29, 0.717) is 36.1 Å². The molecule has 0 unspecified atom stereocenters. The lowest BCUT2D eigenvalue weighted by atomic mass is 10.0. The van der Waals surface area contributed by atoms with E-state index in [0.717, 1.165) is 16.8 Å². The first kappa shape index (κ1) is 20.4. The summed E-state index contributed by atoms with van der Waals surface area (Å²) >= 11 is 0. The van der Waals surface area contributed by atoms with Crippen LogP contribution >= 0.6 is 0 Å². The number of nitrogens with one attached hydrogen (secondary N) is 2. The molecule has 1 heterocycles. The lowest BCUT2D eigenvalue weighted by molar-refractivity contribution is -0.115. The number of aromatic nitrogens is 2. The Morgan fingerprint density at radius 3 is 2.55 bits per heavy atom. The van der Waals surface area contributed by atoms with Crippen LogP contribution in [0.15, 0.2) is 42.5 Å². The summed E-state index contributed by atoms with van der Waals surface area (Å²) in [4.78, 5) is 12.5. The summed E-state index contributed by atoms with van der Waals surface area (Å²) in [6.45, 7) is 6.71. The zero-order chi connectivity index (χ0) is 20.8. The zero-order valence-electron chi connectivity index (χ0n) is 16.7. The molecule has 29 heavy (non-hydrogen) atoms. The molecular weight excluding hydrogens is 373 g/mol. The molecule has 0 aliphatic rings. The van der Waals surface area contributed by atoms with Crippen LogP contribution in [0.25, 0.3) is 11.1 Å². The van der Waals surface area contributed by atoms with Gasteiger partial charge in [-0.05, 0) is 50.1 Å². The number of ether oxygens (including phenoxy) is 2. The number of rotatable bonds is 8. The van der Waals surface area contributed by atoms with Crippen molar-refractivity contribution in [2.24, 2.45) is 0 Å². The standard InChI is InChI=1S/C22H24FN3O3/c1-4-28-18-11-10-16(12-19(18)29-5-2)21-14(3)25-26-22(21)24-20(27)13-15-8-6-7-9-17(15)23/h6-12H,4-5,13H2,1-3H3,(H2,24,25,26,27). The van der Waals surface area contributed by atoms with Gasteiger partial charge in [0.25, 0.3) is 0 Å². The van der Waals surface area contributed by atoms with Gasteiger partial charge in [0.15, 0.2) is 17.3 Å². The van der Waals surface area contributed by atoms with Crippen LogP contribution in [0.4, 0.5) is 10.2 Å². The molecule has 0 saturated heterocycles. The van der Waals surface area contributed by atoms with Gasteiger partial charge in [-0.15, -0.1) is 0 Å². The molecule has 0 atom stereocenters. The van der Waals surface area contributed by atoms with Crippen molar-refractivity contribution in [3.05, 3.63) is 59.5 Å². The zero-order valence-corrected chi connectivity index (χ0v) is 16.7. The van der Waals surface area contributed by atoms with E-state index in [-0.39, 0.29) is 12.3 Å². The summed E-state index contributed by atoms with van der Waals surface area (Å²) < 4.78 is 25.1. The van der Waals surface area contributed by atoms with Gasteiger partial charge in [0.05, 0.1) is 19.6 Å². The molecule has 0 spiro atoms. The van der Waals surface area contributed by atoms with Gasteiger partial charge < -0.3 is 14.8 Å². The minimum Gasteiger partial charge on any atom is -0.490 e. The predicted molar refractivity (Wildman–Crippen MR) is 110 cm³/mol. The van der Waals surface area contributed by atoms with Gasteiger partial charge >= 0.3 is 0 Å². The van der Waals surface area contributed by atoms with Gasteiger partial charge in [-0.1, -0.05) is 24.3 Å². The van der Waals surface area contributed by atoms with Gasteiger partial charge in [-0.3, -0.25) is 9.89 Å². The summed E-state index contributed by atoms with van der Waals surface area (Å²) in [5.41, 5.74) is 2.69. The maximum Gasteiger partial charge on any atom is 0.230 e. The molecule has 0 bridgehead atoms. The second-order valence-corrected chi connectivity index (χ2v) is 6.42. The van der Waals surface area contributed by atoms with Crippen LogP contribution < -0.4 is 14.8 Å². The SMILES string of the molecule is CCOc1ccc(-c2c(NC(=O)Cc3ccccc3F)n[nH]c2C)cc1OCC. The van der Waals surface area contributed by atoms with E-state index >= 15 is 0 Å². The second kappa shape index (κ2) is 9.23. The van der Waals surface area contributed by atoms with Gasteiger partial charge in [0.2, 0.25) is 5.91 Å². The molecule has 0 aliphatic heterocycles. The normalized spacial score (nSPS) is 10.6. The minimum absolute atomic E-state index is 0.0779. The number of aromatic amines is 1. The molecule has 3 aromatic rings. The second-order valence-electron chi connectivity index (χ2n) is 6.42. The summed E-state index contributed by atoms with van der Waals surface area (Å²) in [7, 11) is 0. The lowest BCUT2D eigenvalue weighted by Crippen LogP contribution is -2.16. The highest BCUT2D eigenvalue weighted by Gasteiger charge is 2.18. The largest absolute Gasteiger partial charge is 0.490 e. The van der Waals surface area contributed by atoms with Crippen molar-refractivity contribution in [3.63, 3.8) is 0 Å². The third-order valence-electron chi connectivity index (χ3n) is 4.35. The Hall–Kier alpha value is -3.35. The Kier molecular flexibility index (Phi) is 6.49. The topological polar surface area (TPSA) is 76.2 Å². The molecule has 2 aromatic carbocycles. The van der Waals surface area contributed by atoms with Crippen LogP contribution in [0.5, 0.6) is 11.5 Å². The quantitative estimate of drug-likeness (QED) is 0.587. The van der Waals surface area contributed by atoms with Crippen LogP contribution in [0.2, 0.25) is 0 Å². The number of halogens is 1. The van der Waals surface area contributed by atoms with E-state index in [4.69, 9.17) is 9.47 Å². The molecule has 1 aromatic heterocycles. The van der Waals surface area contributed by atoms with Gasteiger partial charge in [-0.25, -0.2) is 4.39 Å². The number of amides is 1. The molecule has 0 radical (unpaired) electrons. The van der Waals surface area contributed by atoms with E-state index in [2.05, 4.69) is 15.5 Å². The molecule has 0 fully saturated rings. The molecule has 1 amide bonds. The van der Waals surface area contributed by atoms with E-state index in [9.17, 15) is 9.18 Å². The van der Waals surface area contributed by atoms with Crippen molar-refractivity contribution >= 4 is 11.7 Å². The van der Waals surface area contributed by atoms with E-state index < -0.39 is 5.82 Å². The van der Waals surface area contributed by atoms with Crippen molar-refractivity contribution in [2.45, 2.75) is 27.2 Å². The predicted octanol–water partition coefficient (Wildman–Crippen LogP) is 4.50. The fourth-order valence-electron chi connectivity index (χ4n) is 3.07. The van der Waals surface area contributed by atoms with Crippen molar-refractivity contribution in [1.82, 2.24) is 10.2 Å². The van der Waals surface area contributed by atoms with Crippen molar-refractivity contribution < 1.29 is 18.7 Å². The van der Waals surface area contributed by atoms with Gasteiger partial charge in [0, 0.05) is 11.3 Å². The Bertz CT molecular complexity index is 1000. The fourth-order valence-corrected chi connectivity index (χ4v) is 3.07. The average molecular weight is 397 g/mol.